The SMILES string of the molecule is Cc1cc(OCCOc2cccc(CNC(=O)CCC(=O)O)c2)ccc1Cl. The molecule has 0 saturated heterocycles. The van der Waals surface area contributed by atoms with Crippen LogP contribution < -0.4 is 14.8 Å². The van der Waals surface area contributed by atoms with Crippen LogP contribution in [0.5, 0.6) is 11.5 Å². The van der Waals surface area contributed by atoms with Crippen LogP contribution in [0, 0.1) is 6.92 Å². The molecule has 2 aromatic carbocycles. The van der Waals surface area contributed by atoms with E-state index in [0.29, 0.717) is 30.5 Å². The fourth-order valence-electron chi connectivity index (χ4n) is 2.28. The molecule has 2 rings (SSSR count). The molecule has 0 radical (unpaired) electrons. The van der Waals surface area contributed by atoms with E-state index in [-0.39, 0.29) is 18.7 Å². The van der Waals surface area contributed by atoms with Crippen molar-refractivity contribution in [3.05, 3.63) is 58.6 Å². The first-order valence-electron chi connectivity index (χ1n) is 8.53. The summed E-state index contributed by atoms with van der Waals surface area (Å²) >= 11 is 5.98. The Bertz CT molecular complexity index is 794. The van der Waals surface area contributed by atoms with Crippen LogP contribution in [0.1, 0.15) is 24.0 Å². The maximum atomic E-state index is 11.6. The van der Waals surface area contributed by atoms with Gasteiger partial charge in [-0.2, -0.15) is 0 Å². The number of carboxylic acids is 1. The Balaban J connectivity index is 1.74. The van der Waals surface area contributed by atoms with Gasteiger partial charge in [0.25, 0.3) is 0 Å². The summed E-state index contributed by atoms with van der Waals surface area (Å²) in [6.45, 7) is 2.99. The predicted molar refractivity (Wildman–Crippen MR) is 102 cm³/mol. The van der Waals surface area contributed by atoms with Crippen molar-refractivity contribution >= 4 is 23.5 Å². The van der Waals surface area contributed by atoms with Crippen molar-refractivity contribution in [3.8, 4) is 11.5 Å². The highest BCUT2D eigenvalue weighted by molar-refractivity contribution is 6.31. The van der Waals surface area contributed by atoms with Gasteiger partial charge in [0.2, 0.25) is 5.91 Å². The highest BCUT2D eigenvalue weighted by Crippen LogP contribution is 2.21. The van der Waals surface area contributed by atoms with Crippen LogP contribution in [-0.4, -0.2) is 30.2 Å². The molecule has 0 aliphatic heterocycles. The predicted octanol–water partition coefficient (Wildman–Crippen LogP) is 3.59. The maximum Gasteiger partial charge on any atom is 0.303 e. The van der Waals surface area contributed by atoms with E-state index in [0.717, 1.165) is 16.9 Å². The van der Waals surface area contributed by atoms with E-state index in [2.05, 4.69) is 5.32 Å². The number of hydrogen-bond donors (Lipinski definition) is 2. The molecule has 0 atom stereocenters. The Morgan fingerprint density at radius 2 is 1.74 bits per heavy atom. The van der Waals surface area contributed by atoms with Crippen molar-refractivity contribution in [1.29, 1.82) is 0 Å². The second-order valence-electron chi connectivity index (χ2n) is 5.93. The second kappa shape index (κ2) is 10.4. The lowest BCUT2D eigenvalue weighted by Gasteiger charge is -2.11. The average Bonchev–Trinajstić information content (AvgIpc) is 2.65. The molecule has 0 unspecified atom stereocenters. The summed E-state index contributed by atoms with van der Waals surface area (Å²) in [5, 5.41) is 12.0. The number of halogens is 1. The third-order valence-electron chi connectivity index (χ3n) is 3.70. The Hall–Kier alpha value is -2.73. The number of carbonyl (C=O) groups is 2. The fraction of sp³-hybridized carbons (Fsp3) is 0.300. The zero-order chi connectivity index (χ0) is 19.6. The first-order valence-corrected chi connectivity index (χ1v) is 8.91. The monoisotopic (exact) mass is 391 g/mol. The molecule has 0 heterocycles. The Kier molecular flexibility index (Phi) is 7.95. The van der Waals surface area contributed by atoms with Crippen LogP contribution in [0.25, 0.3) is 0 Å². The van der Waals surface area contributed by atoms with E-state index >= 15 is 0 Å². The van der Waals surface area contributed by atoms with E-state index < -0.39 is 5.97 Å². The van der Waals surface area contributed by atoms with Gasteiger partial charge in [0.1, 0.15) is 24.7 Å². The largest absolute Gasteiger partial charge is 0.490 e. The minimum atomic E-state index is -0.989. The summed E-state index contributed by atoms with van der Waals surface area (Å²) < 4.78 is 11.3. The number of benzene rings is 2. The molecule has 144 valence electrons. The van der Waals surface area contributed by atoms with E-state index in [1.165, 1.54) is 0 Å². The second-order valence-corrected chi connectivity index (χ2v) is 6.33. The van der Waals surface area contributed by atoms with E-state index in [9.17, 15) is 9.59 Å². The number of aliphatic carboxylic acids is 1. The summed E-state index contributed by atoms with van der Waals surface area (Å²) in [6, 6.07) is 12.8. The van der Waals surface area contributed by atoms with Crippen LogP contribution in [0.4, 0.5) is 0 Å². The summed E-state index contributed by atoms with van der Waals surface area (Å²) in [5.74, 6) is 0.119. The number of carbonyl (C=O) groups excluding carboxylic acids is 1. The van der Waals surface area contributed by atoms with Crippen molar-refractivity contribution in [3.63, 3.8) is 0 Å². The highest BCUT2D eigenvalue weighted by Gasteiger charge is 2.05. The minimum Gasteiger partial charge on any atom is -0.490 e. The molecule has 2 aromatic rings. The van der Waals surface area contributed by atoms with Gasteiger partial charge in [0.05, 0.1) is 6.42 Å². The van der Waals surface area contributed by atoms with Crippen molar-refractivity contribution in [1.82, 2.24) is 5.32 Å². The van der Waals surface area contributed by atoms with Gasteiger partial charge < -0.3 is 19.9 Å². The highest BCUT2D eigenvalue weighted by atomic mass is 35.5. The Morgan fingerprint density at radius 1 is 1.04 bits per heavy atom. The van der Waals surface area contributed by atoms with Crippen LogP contribution in [-0.2, 0) is 16.1 Å². The Labute approximate surface area is 163 Å². The molecule has 0 aromatic heterocycles. The lowest BCUT2D eigenvalue weighted by atomic mass is 10.2. The van der Waals surface area contributed by atoms with Crippen LogP contribution >= 0.6 is 11.6 Å². The Morgan fingerprint density at radius 3 is 2.41 bits per heavy atom. The lowest BCUT2D eigenvalue weighted by Crippen LogP contribution is -2.23. The summed E-state index contributed by atoms with van der Waals surface area (Å²) in [4.78, 5) is 22.0. The smallest absolute Gasteiger partial charge is 0.303 e. The third kappa shape index (κ3) is 7.58. The molecule has 1 amide bonds. The number of carboxylic acid groups (broad SMARTS) is 1. The van der Waals surface area contributed by atoms with Crippen LogP contribution in [0.15, 0.2) is 42.5 Å². The van der Waals surface area contributed by atoms with Gasteiger partial charge in [-0.05, 0) is 48.4 Å². The molecule has 0 aliphatic carbocycles. The van der Waals surface area contributed by atoms with Gasteiger partial charge in [0.15, 0.2) is 0 Å². The molecule has 0 spiro atoms. The van der Waals surface area contributed by atoms with Crippen molar-refractivity contribution in [2.24, 2.45) is 0 Å². The van der Waals surface area contributed by atoms with Gasteiger partial charge in [-0.3, -0.25) is 9.59 Å². The summed E-state index contributed by atoms with van der Waals surface area (Å²) in [7, 11) is 0. The zero-order valence-corrected chi connectivity index (χ0v) is 15.8. The number of amides is 1. The molecule has 0 fully saturated rings. The summed E-state index contributed by atoms with van der Waals surface area (Å²) in [5.41, 5.74) is 1.82. The molecular formula is C20H22ClNO5. The fourth-order valence-corrected chi connectivity index (χ4v) is 2.40. The minimum absolute atomic E-state index is 0.0347. The van der Waals surface area contributed by atoms with Crippen LogP contribution in [0.2, 0.25) is 5.02 Å². The number of aryl methyl sites for hydroxylation is 1. The van der Waals surface area contributed by atoms with Gasteiger partial charge in [-0.1, -0.05) is 23.7 Å². The quantitative estimate of drug-likeness (QED) is 0.604. The van der Waals surface area contributed by atoms with Gasteiger partial charge in [0, 0.05) is 18.0 Å². The molecular weight excluding hydrogens is 370 g/mol. The van der Waals surface area contributed by atoms with E-state index in [4.69, 9.17) is 26.2 Å². The third-order valence-corrected chi connectivity index (χ3v) is 4.13. The van der Waals surface area contributed by atoms with Crippen molar-refractivity contribution in [2.75, 3.05) is 13.2 Å². The van der Waals surface area contributed by atoms with Gasteiger partial charge in [-0.15, -0.1) is 0 Å². The number of nitrogens with one attached hydrogen (secondary N) is 1. The van der Waals surface area contributed by atoms with Crippen molar-refractivity contribution in [2.45, 2.75) is 26.3 Å². The van der Waals surface area contributed by atoms with Gasteiger partial charge in [-0.25, -0.2) is 0 Å². The summed E-state index contributed by atoms with van der Waals surface area (Å²) in [6.07, 6.45) is -0.213. The topological polar surface area (TPSA) is 84.9 Å². The first-order chi connectivity index (χ1) is 12.9. The molecule has 0 bridgehead atoms. The molecule has 0 aliphatic rings. The number of ether oxygens (including phenoxy) is 2. The van der Waals surface area contributed by atoms with Crippen LogP contribution in [0.3, 0.4) is 0 Å². The first kappa shape index (κ1) is 20.6. The number of rotatable bonds is 10. The van der Waals surface area contributed by atoms with E-state index in [1.807, 2.05) is 43.3 Å². The molecule has 27 heavy (non-hydrogen) atoms. The van der Waals surface area contributed by atoms with E-state index in [1.54, 1.807) is 6.07 Å². The van der Waals surface area contributed by atoms with Crippen molar-refractivity contribution < 1.29 is 24.2 Å². The maximum absolute atomic E-state index is 11.6. The lowest BCUT2D eigenvalue weighted by molar-refractivity contribution is -0.138. The number of hydrogen-bond acceptors (Lipinski definition) is 4. The zero-order valence-electron chi connectivity index (χ0n) is 15.0. The van der Waals surface area contributed by atoms with Gasteiger partial charge >= 0.3 is 5.97 Å². The molecule has 6 nitrogen and oxygen atoms in total. The molecule has 2 N–H and O–H groups in total. The molecule has 0 saturated carbocycles. The normalized spacial score (nSPS) is 10.3. The average molecular weight is 392 g/mol. The molecule has 7 heteroatoms. The standard InChI is InChI=1S/C20H22ClNO5/c1-14-11-17(5-6-18(14)21)27-10-9-26-16-4-2-3-15(12-16)13-22-19(23)7-8-20(24)25/h2-6,11-12H,7-10,13H2,1H3,(H,22,23)(H,24,25).